The first-order valence-electron chi connectivity index (χ1n) is 5.96. The van der Waals surface area contributed by atoms with Crippen molar-refractivity contribution in [2.24, 2.45) is 0 Å². The summed E-state index contributed by atoms with van der Waals surface area (Å²) in [4.78, 5) is -0.0882. The fourth-order valence-corrected chi connectivity index (χ4v) is 2.83. The fourth-order valence-electron chi connectivity index (χ4n) is 1.69. The number of aryl methyl sites for hydroxylation is 2. The third-order valence-corrected chi connectivity index (χ3v) is 4.43. The lowest BCUT2D eigenvalue weighted by molar-refractivity contribution is 0.449. The van der Waals surface area contributed by atoms with Crippen LogP contribution in [0.5, 0.6) is 0 Å². The molecule has 1 N–H and O–H groups in total. The quantitative estimate of drug-likeness (QED) is 0.881. The number of hydrogen-bond acceptors (Lipinski definition) is 2. The molecule has 0 unspecified atom stereocenters. The summed E-state index contributed by atoms with van der Waals surface area (Å²) in [7, 11) is -4.08. The molecule has 2 aromatic carbocycles. The van der Waals surface area contributed by atoms with Gasteiger partial charge in [0.25, 0.3) is 10.0 Å². The highest BCUT2D eigenvalue weighted by Gasteiger charge is 2.20. The first-order valence-corrected chi connectivity index (χ1v) is 7.44. The first kappa shape index (κ1) is 15.4. The molecule has 3 nitrogen and oxygen atoms in total. The van der Waals surface area contributed by atoms with Gasteiger partial charge in [-0.3, -0.25) is 4.72 Å². The zero-order valence-corrected chi connectivity index (χ0v) is 12.1. The van der Waals surface area contributed by atoms with E-state index in [1.807, 2.05) is 11.6 Å². The molecule has 0 fully saturated rings. The minimum absolute atomic E-state index is 0.0882. The SMILES string of the molecule is Cc1ccc(S(=O)(=O)Nc2ccc(F)c(F)c2F)cc1C. The molecule has 0 aliphatic carbocycles. The fraction of sp³-hybridized carbons (Fsp3) is 0.143. The van der Waals surface area contributed by atoms with Gasteiger partial charge >= 0.3 is 0 Å². The van der Waals surface area contributed by atoms with Crippen molar-refractivity contribution < 1.29 is 21.6 Å². The van der Waals surface area contributed by atoms with Crippen LogP contribution >= 0.6 is 0 Å². The van der Waals surface area contributed by atoms with E-state index in [1.165, 1.54) is 12.1 Å². The lowest BCUT2D eigenvalue weighted by Crippen LogP contribution is -2.15. The molecule has 0 radical (unpaired) electrons. The van der Waals surface area contributed by atoms with Crippen LogP contribution in [0.4, 0.5) is 18.9 Å². The molecule has 0 spiro atoms. The second kappa shape index (κ2) is 5.40. The molecule has 2 aromatic rings. The Labute approximate surface area is 120 Å². The average molecular weight is 315 g/mol. The molecule has 0 bridgehead atoms. The molecule has 0 aliphatic heterocycles. The minimum atomic E-state index is -4.08. The maximum Gasteiger partial charge on any atom is 0.261 e. The van der Waals surface area contributed by atoms with E-state index in [0.717, 1.165) is 17.2 Å². The molecule has 0 heterocycles. The van der Waals surface area contributed by atoms with E-state index in [4.69, 9.17) is 0 Å². The summed E-state index contributed by atoms with van der Waals surface area (Å²) < 4.78 is 65.6. The van der Waals surface area contributed by atoms with Crippen LogP contribution in [-0.4, -0.2) is 8.42 Å². The van der Waals surface area contributed by atoms with E-state index in [0.29, 0.717) is 6.07 Å². The second-order valence-electron chi connectivity index (χ2n) is 4.57. The molecule has 0 aromatic heterocycles. The van der Waals surface area contributed by atoms with Gasteiger partial charge < -0.3 is 0 Å². The number of halogens is 3. The van der Waals surface area contributed by atoms with Crippen LogP contribution in [0.1, 0.15) is 11.1 Å². The van der Waals surface area contributed by atoms with E-state index in [1.54, 1.807) is 13.0 Å². The minimum Gasteiger partial charge on any atom is -0.277 e. The highest BCUT2D eigenvalue weighted by Crippen LogP contribution is 2.23. The number of benzene rings is 2. The van der Waals surface area contributed by atoms with Crippen molar-refractivity contribution in [3.63, 3.8) is 0 Å². The van der Waals surface area contributed by atoms with E-state index >= 15 is 0 Å². The highest BCUT2D eigenvalue weighted by molar-refractivity contribution is 7.92. The van der Waals surface area contributed by atoms with Crippen molar-refractivity contribution in [2.45, 2.75) is 18.7 Å². The van der Waals surface area contributed by atoms with Crippen LogP contribution in [-0.2, 0) is 10.0 Å². The van der Waals surface area contributed by atoms with Crippen molar-refractivity contribution >= 4 is 15.7 Å². The van der Waals surface area contributed by atoms with Crippen LogP contribution in [0.25, 0.3) is 0 Å². The second-order valence-corrected chi connectivity index (χ2v) is 6.26. The number of anilines is 1. The van der Waals surface area contributed by atoms with Gasteiger partial charge in [-0.1, -0.05) is 6.07 Å². The number of nitrogens with one attached hydrogen (secondary N) is 1. The Kier molecular flexibility index (Phi) is 3.95. The zero-order valence-electron chi connectivity index (χ0n) is 11.2. The van der Waals surface area contributed by atoms with Gasteiger partial charge in [0.1, 0.15) is 0 Å². The predicted molar refractivity (Wildman–Crippen MR) is 73.0 cm³/mol. The average Bonchev–Trinajstić information content (AvgIpc) is 2.42. The third-order valence-electron chi connectivity index (χ3n) is 3.07. The van der Waals surface area contributed by atoms with Crippen molar-refractivity contribution in [1.29, 1.82) is 0 Å². The molecule has 7 heteroatoms. The molecule has 21 heavy (non-hydrogen) atoms. The Morgan fingerprint density at radius 2 is 1.57 bits per heavy atom. The van der Waals surface area contributed by atoms with Crippen molar-refractivity contribution in [1.82, 2.24) is 0 Å². The molecule has 0 amide bonds. The van der Waals surface area contributed by atoms with E-state index in [-0.39, 0.29) is 4.90 Å². The lowest BCUT2D eigenvalue weighted by Gasteiger charge is -2.11. The summed E-state index contributed by atoms with van der Waals surface area (Å²) in [5.41, 5.74) is 0.990. The predicted octanol–water partition coefficient (Wildman–Crippen LogP) is 3.52. The zero-order chi connectivity index (χ0) is 15.8. The number of rotatable bonds is 3. The van der Waals surface area contributed by atoms with Gasteiger partial charge in [-0.25, -0.2) is 21.6 Å². The van der Waals surface area contributed by atoms with Gasteiger partial charge in [-0.15, -0.1) is 0 Å². The molecule has 2 rings (SSSR count). The topological polar surface area (TPSA) is 46.2 Å². The van der Waals surface area contributed by atoms with E-state index in [9.17, 15) is 21.6 Å². The Morgan fingerprint density at radius 1 is 0.905 bits per heavy atom. The molecular formula is C14H12F3NO2S. The van der Waals surface area contributed by atoms with Gasteiger partial charge in [0, 0.05) is 0 Å². The lowest BCUT2D eigenvalue weighted by atomic mass is 10.1. The van der Waals surface area contributed by atoms with E-state index < -0.39 is 33.2 Å². The van der Waals surface area contributed by atoms with Crippen LogP contribution < -0.4 is 4.72 Å². The maximum absolute atomic E-state index is 13.5. The molecule has 0 saturated carbocycles. The molecule has 0 atom stereocenters. The number of hydrogen-bond donors (Lipinski definition) is 1. The van der Waals surface area contributed by atoms with Gasteiger partial charge in [0.05, 0.1) is 10.6 Å². The van der Waals surface area contributed by atoms with Gasteiger partial charge in [-0.2, -0.15) is 0 Å². The largest absolute Gasteiger partial charge is 0.277 e. The summed E-state index contributed by atoms with van der Waals surface area (Å²) >= 11 is 0. The van der Waals surface area contributed by atoms with Crippen LogP contribution in [0.15, 0.2) is 35.2 Å². The van der Waals surface area contributed by atoms with Crippen LogP contribution in [0.3, 0.4) is 0 Å². The molecular weight excluding hydrogens is 303 g/mol. The first-order chi connectivity index (χ1) is 9.72. The van der Waals surface area contributed by atoms with Crippen molar-refractivity contribution in [2.75, 3.05) is 4.72 Å². The standard InChI is InChI=1S/C14H12F3NO2S/c1-8-3-4-10(7-9(8)2)21(19,20)18-12-6-5-11(15)13(16)14(12)17/h3-7,18H,1-2H3. The van der Waals surface area contributed by atoms with Gasteiger partial charge in [0.2, 0.25) is 0 Å². The highest BCUT2D eigenvalue weighted by atomic mass is 32.2. The summed E-state index contributed by atoms with van der Waals surface area (Å²) in [6.45, 7) is 3.54. The van der Waals surface area contributed by atoms with Crippen molar-refractivity contribution in [3.8, 4) is 0 Å². The maximum atomic E-state index is 13.5. The third kappa shape index (κ3) is 3.02. The summed E-state index contributed by atoms with van der Waals surface area (Å²) in [6, 6.07) is 5.84. The monoisotopic (exact) mass is 315 g/mol. The Hall–Kier alpha value is -2.02. The molecule has 112 valence electrons. The molecule has 0 aliphatic rings. The normalized spacial score (nSPS) is 11.5. The van der Waals surface area contributed by atoms with E-state index in [2.05, 4.69) is 0 Å². The molecule has 0 saturated heterocycles. The number of sulfonamides is 1. The summed E-state index contributed by atoms with van der Waals surface area (Å²) in [5, 5.41) is 0. The Bertz CT molecular complexity index is 804. The Balaban J connectivity index is 2.42. The summed E-state index contributed by atoms with van der Waals surface area (Å²) in [6.07, 6.45) is 0. The van der Waals surface area contributed by atoms with Crippen LogP contribution in [0, 0.1) is 31.3 Å². The van der Waals surface area contributed by atoms with Gasteiger partial charge in [-0.05, 0) is 49.2 Å². The smallest absolute Gasteiger partial charge is 0.261 e. The van der Waals surface area contributed by atoms with Gasteiger partial charge in [0.15, 0.2) is 17.5 Å². The Morgan fingerprint density at radius 3 is 2.19 bits per heavy atom. The van der Waals surface area contributed by atoms with Crippen LogP contribution in [0.2, 0.25) is 0 Å². The summed E-state index contributed by atoms with van der Waals surface area (Å²) in [5.74, 6) is -4.70. The van der Waals surface area contributed by atoms with Crippen molar-refractivity contribution in [3.05, 3.63) is 58.9 Å².